The van der Waals surface area contributed by atoms with Crippen molar-refractivity contribution in [1.29, 1.82) is 0 Å². The number of amides is 1. The molecule has 2 aromatic rings. The second kappa shape index (κ2) is 7.89. The van der Waals surface area contributed by atoms with Crippen LogP contribution in [-0.4, -0.2) is 49.5 Å². The molecule has 1 N–H and O–H groups in total. The summed E-state index contributed by atoms with van der Waals surface area (Å²) in [6.07, 6.45) is -0.959. The van der Waals surface area contributed by atoms with E-state index >= 15 is 0 Å². The van der Waals surface area contributed by atoms with Gasteiger partial charge in [-0.15, -0.1) is 0 Å². The van der Waals surface area contributed by atoms with Crippen LogP contribution in [0.4, 0.5) is 0 Å². The zero-order valence-corrected chi connectivity index (χ0v) is 16.4. The van der Waals surface area contributed by atoms with Gasteiger partial charge in [0.25, 0.3) is 0 Å². The lowest BCUT2D eigenvalue weighted by atomic mass is 9.84. The van der Waals surface area contributed by atoms with Gasteiger partial charge in [0, 0.05) is 5.56 Å². The van der Waals surface area contributed by atoms with Crippen molar-refractivity contribution in [3.05, 3.63) is 65.7 Å². The van der Waals surface area contributed by atoms with E-state index in [0.717, 1.165) is 22.6 Å². The van der Waals surface area contributed by atoms with Gasteiger partial charge < -0.3 is 19.0 Å². The maximum atomic E-state index is 12.4. The Labute approximate surface area is 173 Å². The fraction of sp³-hybridized carbons (Fsp3) is 0.318. The molecule has 2 saturated heterocycles. The van der Waals surface area contributed by atoms with Crippen LogP contribution in [0.1, 0.15) is 11.1 Å². The third kappa shape index (κ3) is 3.44. The standard InChI is InChI=1S/C22H21N3O5/c1-27-15-9-7-14(8-10-15)19-18-20(22-28-12-16(29-22)21(18)30-25-19)24-23-17(26)11-13-5-3-2-4-6-13/h2-10,16,18,21-22H,11-12H2,1H3,(H,23,26)/b24-20+/t16-,18+,21+,22+/m0/s1. The van der Waals surface area contributed by atoms with E-state index in [2.05, 4.69) is 15.7 Å². The maximum Gasteiger partial charge on any atom is 0.244 e. The van der Waals surface area contributed by atoms with E-state index in [4.69, 9.17) is 19.0 Å². The van der Waals surface area contributed by atoms with E-state index in [9.17, 15) is 4.79 Å². The highest BCUT2D eigenvalue weighted by atomic mass is 16.7. The molecular formula is C22H21N3O5. The molecule has 1 amide bonds. The third-order valence-electron chi connectivity index (χ3n) is 5.44. The Balaban J connectivity index is 1.39. The summed E-state index contributed by atoms with van der Waals surface area (Å²) >= 11 is 0. The van der Waals surface area contributed by atoms with Gasteiger partial charge in [-0.3, -0.25) is 4.79 Å². The fourth-order valence-electron chi connectivity index (χ4n) is 3.94. The number of hydrazone groups is 1. The molecule has 2 aromatic carbocycles. The summed E-state index contributed by atoms with van der Waals surface area (Å²) in [5.74, 6) is 0.279. The number of carbonyl (C=O) groups excluding carboxylic acids is 1. The minimum Gasteiger partial charge on any atom is -0.497 e. The molecule has 2 bridgehead atoms. The van der Waals surface area contributed by atoms with Crippen LogP contribution >= 0.6 is 0 Å². The number of ether oxygens (including phenoxy) is 3. The first-order chi connectivity index (χ1) is 14.7. The number of carbonyl (C=O) groups is 1. The Hall–Kier alpha value is -3.23. The molecule has 154 valence electrons. The SMILES string of the molecule is COc1ccc(C2=NO[C@@H]3[C@@H]4CO[C@H](O4)/C(=N/NC(=O)Cc4ccccc4)[C@@H]23)cc1. The number of oxime groups is 1. The minimum absolute atomic E-state index is 0.216. The quantitative estimate of drug-likeness (QED) is 0.765. The Bertz CT molecular complexity index is 990. The lowest BCUT2D eigenvalue weighted by Gasteiger charge is -2.30. The van der Waals surface area contributed by atoms with Crippen LogP contribution in [0.5, 0.6) is 5.75 Å². The van der Waals surface area contributed by atoms with E-state index in [0.29, 0.717) is 12.3 Å². The Morgan fingerprint density at radius 2 is 2.00 bits per heavy atom. The highest BCUT2D eigenvalue weighted by molar-refractivity contribution is 6.17. The van der Waals surface area contributed by atoms with Gasteiger partial charge in [-0.1, -0.05) is 35.5 Å². The predicted molar refractivity (Wildman–Crippen MR) is 108 cm³/mol. The highest BCUT2D eigenvalue weighted by Crippen LogP contribution is 2.38. The van der Waals surface area contributed by atoms with E-state index < -0.39 is 6.29 Å². The molecule has 0 saturated carbocycles. The second-order valence-electron chi connectivity index (χ2n) is 7.33. The number of benzene rings is 2. The highest BCUT2D eigenvalue weighted by Gasteiger charge is 2.55. The molecule has 8 heteroatoms. The molecule has 3 aliphatic rings. The topological polar surface area (TPSA) is 90.7 Å². The molecule has 0 spiro atoms. The van der Waals surface area contributed by atoms with Gasteiger partial charge in [0.15, 0.2) is 12.4 Å². The summed E-state index contributed by atoms with van der Waals surface area (Å²) in [7, 11) is 1.62. The number of methoxy groups -OCH3 is 1. The molecule has 0 aliphatic carbocycles. The van der Waals surface area contributed by atoms with Crippen molar-refractivity contribution < 1.29 is 23.8 Å². The average molecular weight is 407 g/mol. The van der Waals surface area contributed by atoms with Crippen molar-refractivity contribution in [3.8, 4) is 5.75 Å². The first-order valence-electron chi connectivity index (χ1n) is 9.78. The largest absolute Gasteiger partial charge is 0.497 e. The summed E-state index contributed by atoms with van der Waals surface area (Å²) in [6.45, 7) is 0.397. The summed E-state index contributed by atoms with van der Waals surface area (Å²) < 4.78 is 16.8. The third-order valence-corrected chi connectivity index (χ3v) is 5.44. The molecule has 5 rings (SSSR count). The average Bonchev–Trinajstić information content (AvgIpc) is 3.41. The predicted octanol–water partition coefficient (Wildman–Crippen LogP) is 1.88. The molecular weight excluding hydrogens is 386 g/mol. The van der Waals surface area contributed by atoms with E-state index in [1.165, 1.54) is 0 Å². The van der Waals surface area contributed by atoms with Crippen molar-refractivity contribution in [3.63, 3.8) is 0 Å². The van der Waals surface area contributed by atoms with Crippen LogP contribution in [0.15, 0.2) is 64.9 Å². The van der Waals surface area contributed by atoms with Crippen LogP contribution < -0.4 is 10.2 Å². The second-order valence-corrected chi connectivity index (χ2v) is 7.33. The summed E-state index contributed by atoms with van der Waals surface area (Å²) in [5.41, 5.74) is 5.75. The normalized spacial score (nSPS) is 27.9. The first-order valence-corrected chi connectivity index (χ1v) is 9.78. The van der Waals surface area contributed by atoms with Crippen LogP contribution in [0, 0.1) is 5.92 Å². The zero-order valence-electron chi connectivity index (χ0n) is 16.4. The van der Waals surface area contributed by atoms with Crippen molar-refractivity contribution in [2.45, 2.75) is 24.9 Å². The minimum atomic E-state index is -0.626. The molecule has 30 heavy (non-hydrogen) atoms. The first kappa shape index (κ1) is 18.8. The molecule has 2 fully saturated rings. The zero-order chi connectivity index (χ0) is 20.5. The van der Waals surface area contributed by atoms with Gasteiger partial charge in [-0.2, -0.15) is 5.10 Å². The molecule has 0 radical (unpaired) electrons. The molecule has 0 aromatic heterocycles. The Morgan fingerprint density at radius 3 is 2.77 bits per heavy atom. The lowest BCUT2D eigenvalue weighted by molar-refractivity contribution is -0.120. The van der Waals surface area contributed by atoms with Crippen LogP contribution in [0.25, 0.3) is 0 Å². The van der Waals surface area contributed by atoms with Crippen LogP contribution in [-0.2, 0) is 25.5 Å². The molecule has 4 atom stereocenters. The van der Waals surface area contributed by atoms with Crippen molar-refractivity contribution >= 4 is 17.3 Å². The lowest BCUT2D eigenvalue weighted by Crippen LogP contribution is -2.49. The summed E-state index contributed by atoms with van der Waals surface area (Å²) in [5, 5.41) is 8.71. The Kier molecular flexibility index (Phi) is 4.94. The monoisotopic (exact) mass is 407 g/mol. The maximum absolute atomic E-state index is 12.4. The van der Waals surface area contributed by atoms with Gasteiger partial charge in [0.2, 0.25) is 5.91 Å². The smallest absolute Gasteiger partial charge is 0.244 e. The van der Waals surface area contributed by atoms with Gasteiger partial charge in [0.1, 0.15) is 17.6 Å². The molecule has 3 aliphatic heterocycles. The fourth-order valence-corrected chi connectivity index (χ4v) is 3.94. The van der Waals surface area contributed by atoms with Gasteiger partial charge in [-0.05, 0) is 29.8 Å². The van der Waals surface area contributed by atoms with Crippen molar-refractivity contribution in [1.82, 2.24) is 5.43 Å². The number of hydrogen-bond acceptors (Lipinski definition) is 7. The molecule has 0 unspecified atom stereocenters. The number of rotatable bonds is 5. The van der Waals surface area contributed by atoms with Crippen LogP contribution in [0.3, 0.4) is 0 Å². The van der Waals surface area contributed by atoms with E-state index in [1.54, 1.807) is 7.11 Å². The van der Waals surface area contributed by atoms with Crippen molar-refractivity contribution in [2.75, 3.05) is 13.7 Å². The van der Waals surface area contributed by atoms with Crippen molar-refractivity contribution in [2.24, 2.45) is 16.2 Å². The number of hydrogen-bond donors (Lipinski definition) is 1. The van der Waals surface area contributed by atoms with Gasteiger partial charge >= 0.3 is 0 Å². The van der Waals surface area contributed by atoms with E-state index in [-0.39, 0.29) is 30.5 Å². The van der Waals surface area contributed by atoms with Gasteiger partial charge in [0.05, 0.1) is 31.8 Å². The van der Waals surface area contributed by atoms with E-state index in [1.807, 2.05) is 54.6 Å². The summed E-state index contributed by atoms with van der Waals surface area (Å²) in [6, 6.07) is 17.1. The number of nitrogens with zero attached hydrogens (tertiary/aromatic N) is 2. The Morgan fingerprint density at radius 1 is 1.20 bits per heavy atom. The molecule has 8 nitrogen and oxygen atoms in total. The number of nitrogens with one attached hydrogen (secondary N) is 1. The van der Waals surface area contributed by atoms with Crippen LogP contribution in [0.2, 0.25) is 0 Å². The summed E-state index contributed by atoms with van der Waals surface area (Å²) in [4.78, 5) is 18.1. The molecule has 3 heterocycles. The number of fused-ring (bicyclic) bond motifs is 4. The van der Waals surface area contributed by atoms with Gasteiger partial charge in [-0.25, -0.2) is 5.43 Å².